The highest BCUT2D eigenvalue weighted by Gasteiger charge is 2.38. The summed E-state index contributed by atoms with van der Waals surface area (Å²) < 4.78 is 0. The molecule has 4 rings (SSSR count). The molecule has 1 N–H and O–H groups in total. The number of fused-ring (bicyclic) bond motifs is 1. The van der Waals surface area contributed by atoms with Crippen molar-refractivity contribution in [3.63, 3.8) is 0 Å². The molecular formula is C22H22N2O2. The number of aromatic nitrogens is 1. The first kappa shape index (κ1) is 16.7. The largest absolute Gasteiger partial charge is 0.481 e. The van der Waals surface area contributed by atoms with Crippen LogP contribution in [0, 0.1) is 12.8 Å². The first-order valence-electron chi connectivity index (χ1n) is 8.95. The fourth-order valence-corrected chi connectivity index (χ4v) is 3.86. The molecule has 0 bridgehead atoms. The third-order valence-corrected chi connectivity index (χ3v) is 5.29. The van der Waals surface area contributed by atoms with Crippen molar-refractivity contribution < 1.29 is 9.90 Å². The Morgan fingerprint density at radius 3 is 2.58 bits per heavy atom. The normalized spacial score (nSPS) is 20.5. The van der Waals surface area contributed by atoms with E-state index < -0.39 is 5.97 Å². The lowest BCUT2D eigenvalue weighted by atomic mass is 9.89. The zero-order valence-corrected chi connectivity index (χ0v) is 14.8. The summed E-state index contributed by atoms with van der Waals surface area (Å²) in [4.78, 5) is 18.6. The van der Waals surface area contributed by atoms with Gasteiger partial charge in [0.15, 0.2) is 0 Å². The average molecular weight is 346 g/mol. The number of carboxylic acids is 1. The van der Waals surface area contributed by atoms with Crippen molar-refractivity contribution in [3.05, 3.63) is 77.6 Å². The van der Waals surface area contributed by atoms with Crippen LogP contribution in [0.3, 0.4) is 0 Å². The monoisotopic (exact) mass is 346 g/mol. The van der Waals surface area contributed by atoms with Gasteiger partial charge in [-0.3, -0.25) is 14.7 Å². The van der Waals surface area contributed by atoms with E-state index in [0.717, 1.165) is 23.2 Å². The molecule has 0 amide bonds. The summed E-state index contributed by atoms with van der Waals surface area (Å²) in [5.41, 5.74) is 3.28. The molecule has 2 atom stereocenters. The van der Waals surface area contributed by atoms with Crippen molar-refractivity contribution in [1.29, 1.82) is 0 Å². The Kier molecular flexibility index (Phi) is 4.43. The second kappa shape index (κ2) is 6.89. The molecule has 0 spiro atoms. The minimum Gasteiger partial charge on any atom is -0.481 e. The number of hydrogen-bond donors (Lipinski definition) is 1. The van der Waals surface area contributed by atoms with Gasteiger partial charge in [-0.25, -0.2) is 0 Å². The van der Waals surface area contributed by atoms with Gasteiger partial charge in [-0.1, -0.05) is 54.1 Å². The van der Waals surface area contributed by atoms with Crippen molar-refractivity contribution >= 4 is 16.7 Å². The SMILES string of the molecule is Cc1ccc([C@@H]2CN(Cc3cc4ccccc4cn3)C[C@H]2C(=O)O)cc1. The van der Waals surface area contributed by atoms with Gasteiger partial charge in [-0.05, 0) is 23.9 Å². The summed E-state index contributed by atoms with van der Waals surface area (Å²) in [6.07, 6.45) is 1.90. The summed E-state index contributed by atoms with van der Waals surface area (Å²) in [5.74, 6) is -1.07. The quantitative estimate of drug-likeness (QED) is 0.780. The lowest BCUT2D eigenvalue weighted by Crippen LogP contribution is -2.23. The van der Waals surface area contributed by atoms with Gasteiger partial charge in [0.05, 0.1) is 11.6 Å². The van der Waals surface area contributed by atoms with Crippen molar-refractivity contribution in [2.75, 3.05) is 13.1 Å². The van der Waals surface area contributed by atoms with Gasteiger partial charge >= 0.3 is 5.97 Å². The van der Waals surface area contributed by atoms with Gasteiger partial charge in [0.2, 0.25) is 0 Å². The highest BCUT2D eigenvalue weighted by Crippen LogP contribution is 2.34. The fourth-order valence-electron chi connectivity index (χ4n) is 3.86. The summed E-state index contributed by atoms with van der Waals surface area (Å²) in [6.45, 7) is 4.03. The Morgan fingerprint density at radius 1 is 1.12 bits per heavy atom. The van der Waals surface area contributed by atoms with Crippen LogP contribution < -0.4 is 0 Å². The Bertz CT molecular complexity index is 936. The third-order valence-electron chi connectivity index (χ3n) is 5.29. The lowest BCUT2D eigenvalue weighted by molar-refractivity contribution is -0.141. The van der Waals surface area contributed by atoms with E-state index in [-0.39, 0.29) is 11.8 Å². The van der Waals surface area contributed by atoms with E-state index in [2.05, 4.69) is 52.3 Å². The highest BCUT2D eigenvalue weighted by molar-refractivity contribution is 5.81. The molecule has 1 saturated heterocycles. The predicted molar refractivity (Wildman–Crippen MR) is 102 cm³/mol. The van der Waals surface area contributed by atoms with Crippen LogP contribution in [0.5, 0.6) is 0 Å². The number of benzene rings is 2. The van der Waals surface area contributed by atoms with Gasteiger partial charge < -0.3 is 5.11 Å². The number of nitrogens with zero attached hydrogens (tertiary/aromatic N) is 2. The maximum absolute atomic E-state index is 11.8. The van der Waals surface area contributed by atoms with E-state index in [4.69, 9.17) is 0 Å². The molecule has 1 aliphatic heterocycles. The van der Waals surface area contributed by atoms with Gasteiger partial charge in [-0.2, -0.15) is 0 Å². The van der Waals surface area contributed by atoms with Crippen LogP contribution in [-0.4, -0.2) is 34.0 Å². The lowest BCUT2D eigenvalue weighted by Gasteiger charge is -2.16. The van der Waals surface area contributed by atoms with Crippen molar-refractivity contribution in [1.82, 2.24) is 9.88 Å². The van der Waals surface area contributed by atoms with Crippen molar-refractivity contribution in [2.24, 2.45) is 5.92 Å². The number of aliphatic carboxylic acids is 1. The van der Waals surface area contributed by atoms with Crippen LogP contribution >= 0.6 is 0 Å². The Hall–Kier alpha value is -2.72. The molecule has 1 fully saturated rings. The topological polar surface area (TPSA) is 53.4 Å². The molecular weight excluding hydrogens is 324 g/mol. The summed E-state index contributed by atoms with van der Waals surface area (Å²) in [7, 11) is 0. The van der Waals surface area contributed by atoms with Crippen LogP contribution in [0.1, 0.15) is 22.7 Å². The van der Waals surface area contributed by atoms with Crippen molar-refractivity contribution in [3.8, 4) is 0 Å². The molecule has 0 unspecified atom stereocenters. The summed E-state index contributed by atoms with van der Waals surface area (Å²) in [5, 5.41) is 12.0. The minimum absolute atomic E-state index is 0.0218. The Labute approximate surface area is 153 Å². The minimum atomic E-state index is -0.718. The molecule has 4 nitrogen and oxygen atoms in total. The molecule has 26 heavy (non-hydrogen) atoms. The zero-order valence-electron chi connectivity index (χ0n) is 14.8. The first-order valence-corrected chi connectivity index (χ1v) is 8.95. The van der Waals surface area contributed by atoms with Crippen molar-refractivity contribution in [2.45, 2.75) is 19.4 Å². The van der Waals surface area contributed by atoms with Crippen LogP contribution in [0.15, 0.2) is 60.8 Å². The molecule has 3 aromatic rings. The Morgan fingerprint density at radius 2 is 1.85 bits per heavy atom. The molecule has 1 aliphatic rings. The highest BCUT2D eigenvalue weighted by atomic mass is 16.4. The second-order valence-electron chi connectivity index (χ2n) is 7.18. The van der Waals surface area contributed by atoms with E-state index >= 15 is 0 Å². The average Bonchev–Trinajstić information content (AvgIpc) is 3.06. The Balaban J connectivity index is 1.55. The van der Waals surface area contributed by atoms with Gasteiger partial charge in [-0.15, -0.1) is 0 Å². The van der Waals surface area contributed by atoms with Gasteiger partial charge in [0.25, 0.3) is 0 Å². The number of pyridine rings is 1. The van der Waals surface area contributed by atoms with E-state index in [9.17, 15) is 9.90 Å². The van der Waals surface area contributed by atoms with E-state index in [1.165, 1.54) is 10.9 Å². The number of carboxylic acid groups (broad SMARTS) is 1. The third kappa shape index (κ3) is 3.33. The van der Waals surface area contributed by atoms with E-state index in [0.29, 0.717) is 13.1 Å². The molecule has 132 valence electrons. The molecule has 0 saturated carbocycles. The maximum atomic E-state index is 11.8. The fraction of sp³-hybridized carbons (Fsp3) is 0.273. The standard InChI is InChI=1S/C22H22N2O2/c1-15-6-8-16(9-7-15)20-13-24(14-21(20)22(25)26)12-19-10-17-4-2-3-5-18(17)11-23-19/h2-11,20-21H,12-14H2,1H3,(H,25,26)/t20-,21+/m0/s1. The summed E-state index contributed by atoms with van der Waals surface area (Å²) in [6, 6.07) is 18.5. The molecule has 1 aromatic heterocycles. The molecule has 0 radical (unpaired) electrons. The number of hydrogen-bond acceptors (Lipinski definition) is 3. The number of likely N-dealkylation sites (tertiary alicyclic amines) is 1. The number of aryl methyl sites for hydroxylation is 1. The predicted octanol–water partition coefficient (Wildman–Crippen LogP) is 3.84. The smallest absolute Gasteiger partial charge is 0.308 e. The van der Waals surface area contributed by atoms with Crippen LogP contribution in [0.4, 0.5) is 0 Å². The zero-order chi connectivity index (χ0) is 18.1. The van der Waals surface area contributed by atoms with E-state index in [1.54, 1.807) is 0 Å². The maximum Gasteiger partial charge on any atom is 0.308 e. The van der Waals surface area contributed by atoms with Crippen LogP contribution in [0.25, 0.3) is 10.8 Å². The van der Waals surface area contributed by atoms with E-state index in [1.807, 2.05) is 25.3 Å². The number of rotatable bonds is 4. The van der Waals surface area contributed by atoms with Crippen LogP contribution in [0.2, 0.25) is 0 Å². The molecule has 0 aliphatic carbocycles. The molecule has 2 heterocycles. The number of carbonyl (C=O) groups is 1. The molecule has 4 heteroatoms. The van der Waals surface area contributed by atoms with Gasteiger partial charge in [0.1, 0.15) is 0 Å². The summed E-state index contributed by atoms with van der Waals surface area (Å²) >= 11 is 0. The molecule has 2 aromatic carbocycles. The van der Waals surface area contributed by atoms with Crippen LogP contribution in [-0.2, 0) is 11.3 Å². The second-order valence-corrected chi connectivity index (χ2v) is 7.18. The van der Waals surface area contributed by atoms with Gasteiger partial charge in [0, 0.05) is 37.1 Å². The first-order chi connectivity index (χ1) is 12.6.